The molecule has 0 saturated carbocycles. The number of carbonyl (C=O) groups excluding carboxylic acids is 1. The molecule has 0 aliphatic carbocycles. The van der Waals surface area contributed by atoms with E-state index in [1.165, 1.54) is 0 Å². The minimum Gasteiger partial charge on any atom is -0.492 e. The topological polar surface area (TPSA) is 54.5 Å². The second-order valence-corrected chi connectivity index (χ2v) is 5.14. The van der Waals surface area contributed by atoms with Gasteiger partial charge < -0.3 is 15.0 Å². The number of hydrogen-bond donors (Lipinski definition) is 1. The van der Waals surface area contributed by atoms with Crippen molar-refractivity contribution in [2.45, 2.75) is 12.8 Å². The fourth-order valence-corrected chi connectivity index (χ4v) is 2.44. The Morgan fingerprint density at radius 1 is 1.18 bits per heavy atom. The average molecular weight is 297 g/mol. The standard InChI is InChI=1S/C17H19N3O2/c21-17-7-4-11-20(17)14-8-9-16(19-13-14)18-10-12-22-15-5-2-1-3-6-15/h1-3,5-6,8-9,13H,4,7,10-12H2,(H,18,19). The summed E-state index contributed by atoms with van der Waals surface area (Å²) < 4.78 is 5.60. The van der Waals surface area contributed by atoms with Crippen molar-refractivity contribution in [2.24, 2.45) is 0 Å². The van der Waals surface area contributed by atoms with Crippen LogP contribution < -0.4 is 15.0 Å². The molecule has 1 saturated heterocycles. The lowest BCUT2D eigenvalue weighted by Gasteiger charge is -2.15. The molecule has 22 heavy (non-hydrogen) atoms. The van der Waals surface area contributed by atoms with Crippen molar-refractivity contribution in [3.63, 3.8) is 0 Å². The third-order valence-corrected chi connectivity index (χ3v) is 3.55. The van der Waals surface area contributed by atoms with Gasteiger partial charge in [-0.2, -0.15) is 0 Å². The van der Waals surface area contributed by atoms with Crippen molar-refractivity contribution in [1.82, 2.24) is 4.98 Å². The predicted molar refractivity (Wildman–Crippen MR) is 86.3 cm³/mol. The largest absolute Gasteiger partial charge is 0.492 e. The third-order valence-electron chi connectivity index (χ3n) is 3.55. The quantitative estimate of drug-likeness (QED) is 0.833. The van der Waals surface area contributed by atoms with Crippen molar-refractivity contribution in [1.29, 1.82) is 0 Å². The van der Waals surface area contributed by atoms with Crippen LogP contribution in [-0.2, 0) is 4.79 Å². The summed E-state index contributed by atoms with van der Waals surface area (Å²) >= 11 is 0. The molecular weight excluding hydrogens is 278 g/mol. The summed E-state index contributed by atoms with van der Waals surface area (Å²) in [5, 5.41) is 3.20. The number of benzene rings is 1. The zero-order valence-electron chi connectivity index (χ0n) is 12.4. The lowest BCUT2D eigenvalue weighted by atomic mass is 10.3. The van der Waals surface area contributed by atoms with E-state index in [4.69, 9.17) is 4.74 Å². The number of pyridine rings is 1. The third kappa shape index (κ3) is 3.55. The molecule has 0 spiro atoms. The molecule has 1 aromatic heterocycles. The molecule has 0 radical (unpaired) electrons. The second kappa shape index (κ2) is 6.93. The van der Waals surface area contributed by atoms with Crippen molar-refractivity contribution in [3.8, 4) is 5.75 Å². The first kappa shape index (κ1) is 14.4. The van der Waals surface area contributed by atoms with Gasteiger partial charge in [-0.25, -0.2) is 4.98 Å². The summed E-state index contributed by atoms with van der Waals surface area (Å²) in [5.74, 6) is 1.82. The number of hydrogen-bond acceptors (Lipinski definition) is 4. The number of carbonyl (C=O) groups is 1. The van der Waals surface area contributed by atoms with E-state index in [0.717, 1.165) is 30.2 Å². The molecule has 2 heterocycles. The summed E-state index contributed by atoms with van der Waals surface area (Å²) in [5.41, 5.74) is 0.869. The zero-order valence-corrected chi connectivity index (χ0v) is 12.4. The van der Waals surface area contributed by atoms with E-state index in [1.54, 1.807) is 11.1 Å². The molecule has 1 aromatic carbocycles. The smallest absolute Gasteiger partial charge is 0.227 e. The minimum atomic E-state index is 0.179. The van der Waals surface area contributed by atoms with E-state index in [-0.39, 0.29) is 5.91 Å². The van der Waals surface area contributed by atoms with Gasteiger partial charge in [-0.1, -0.05) is 18.2 Å². The summed E-state index contributed by atoms with van der Waals surface area (Å²) in [6, 6.07) is 13.5. The fourth-order valence-electron chi connectivity index (χ4n) is 2.44. The molecule has 114 valence electrons. The lowest BCUT2D eigenvalue weighted by Crippen LogP contribution is -2.23. The highest BCUT2D eigenvalue weighted by Crippen LogP contribution is 2.21. The Labute approximate surface area is 129 Å². The minimum absolute atomic E-state index is 0.179. The number of nitrogens with one attached hydrogen (secondary N) is 1. The van der Waals surface area contributed by atoms with Crippen molar-refractivity contribution in [3.05, 3.63) is 48.7 Å². The van der Waals surface area contributed by atoms with Crippen LogP contribution in [0.4, 0.5) is 11.5 Å². The number of ether oxygens (including phenoxy) is 1. The molecule has 5 nitrogen and oxygen atoms in total. The van der Waals surface area contributed by atoms with Crippen LogP contribution in [0.15, 0.2) is 48.7 Å². The maximum Gasteiger partial charge on any atom is 0.227 e. The van der Waals surface area contributed by atoms with E-state index in [9.17, 15) is 4.79 Å². The zero-order chi connectivity index (χ0) is 15.2. The van der Waals surface area contributed by atoms with Crippen molar-refractivity contribution >= 4 is 17.4 Å². The van der Waals surface area contributed by atoms with Crippen LogP contribution in [0.1, 0.15) is 12.8 Å². The summed E-state index contributed by atoms with van der Waals surface area (Å²) in [7, 11) is 0. The van der Waals surface area contributed by atoms with Gasteiger partial charge in [0, 0.05) is 13.0 Å². The molecule has 1 aliphatic rings. The molecule has 1 fully saturated rings. The van der Waals surface area contributed by atoms with Gasteiger partial charge in [0.25, 0.3) is 0 Å². The molecule has 0 atom stereocenters. The van der Waals surface area contributed by atoms with Crippen molar-refractivity contribution < 1.29 is 9.53 Å². The molecule has 1 N–H and O–H groups in total. The maximum atomic E-state index is 11.7. The Morgan fingerprint density at radius 2 is 2.05 bits per heavy atom. The van der Waals surface area contributed by atoms with Gasteiger partial charge in [0.1, 0.15) is 18.2 Å². The highest BCUT2D eigenvalue weighted by Gasteiger charge is 2.21. The van der Waals surface area contributed by atoms with Gasteiger partial charge in [0.05, 0.1) is 18.4 Å². The van der Waals surface area contributed by atoms with Crippen LogP contribution in [0.3, 0.4) is 0 Å². The molecular formula is C17H19N3O2. The van der Waals surface area contributed by atoms with Gasteiger partial charge >= 0.3 is 0 Å². The van der Waals surface area contributed by atoms with Crippen LogP contribution in [0.5, 0.6) is 5.75 Å². The van der Waals surface area contributed by atoms with E-state index in [2.05, 4.69) is 10.3 Å². The fraction of sp³-hybridized carbons (Fsp3) is 0.294. The van der Waals surface area contributed by atoms with Crippen LogP contribution >= 0.6 is 0 Å². The normalized spacial score (nSPS) is 14.2. The van der Waals surface area contributed by atoms with Gasteiger partial charge in [0.15, 0.2) is 0 Å². The highest BCUT2D eigenvalue weighted by atomic mass is 16.5. The first-order chi connectivity index (χ1) is 10.8. The molecule has 2 aromatic rings. The number of nitrogens with zero attached hydrogens (tertiary/aromatic N) is 2. The van der Waals surface area contributed by atoms with Crippen LogP contribution in [0.25, 0.3) is 0 Å². The molecule has 3 rings (SSSR count). The summed E-state index contributed by atoms with van der Waals surface area (Å²) in [4.78, 5) is 17.8. The predicted octanol–water partition coefficient (Wildman–Crippen LogP) is 2.70. The Morgan fingerprint density at radius 3 is 2.73 bits per heavy atom. The van der Waals surface area contributed by atoms with Crippen LogP contribution in [0, 0.1) is 0 Å². The molecule has 5 heteroatoms. The van der Waals surface area contributed by atoms with Crippen molar-refractivity contribution in [2.75, 3.05) is 29.9 Å². The monoisotopic (exact) mass is 297 g/mol. The lowest BCUT2D eigenvalue weighted by molar-refractivity contribution is -0.117. The SMILES string of the molecule is O=C1CCCN1c1ccc(NCCOc2ccccc2)nc1. The Hall–Kier alpha value is -2.56. The van der Waals surface area contributed by atoms with E-state index in [1.807, 2.05) is 42.5 Å². The maximum absolute atomic E-state index is 11.7. The molecule has 0 bridgehead atoms. The summed E-state index contributed by atoms with van der Waals surface area (Å²) in [6.07, 6.45) is 3.30. The van der Waals surface area contributed by atoms with Gasteiger partial charge in [-0.15, -0.1) is 0 Å². The first-order valence-corrected chi connectivity index (χ1v) is 7.51. The van der Waals surface area contributed by atoms with Crippen LogP contribution in [0.2, 0.25) is 0 Å². The van der Waals surface area contributed by atoms with E-state index >= 15 is 0 Å². The number of aromatic nitrogens is 1. The number of anilines is 2. The number of rotatable bonds is 6. The Bertz CT molecular complexity index is 614. The first-order valence-electron chi connectivity index (χ1n) is 7.51. The Balaban J connectivity index is 1.46. The van der Waals surface area contributed by atoms with Gasteiger partial charge in [-0.3, -0.25) is 4.79 Å². The molecule has 0 unspecified atom stereocenters. The van der Waals surface area contributed by atoms with E-state index < -0.39 is 0 Å². The van der Waals surface area contributed by atoms with Gasteiger partial charge in [-0.05, 0) is 30.7 Å². The molecule has 1 amide bonds. The Kier molecular flexibility index (Phi) is 4.53. The van der Waals surface area contributed by atoms with E-state index in [0.29, 0.717) is 19.6 Å². The number of para-hydroxylation sites is 1. The second-order valence-electron chi connectivity index (χ2n) is 5.14. The molecule has 1 aliphatic heterocycles. The summed E-state index contributed by atoms with van der Waals surface area (Å²) in [6.45, 7) is 2.03. The highest BCUT2D eigenvalue weighted by molar-refractivity contribution is 5.95. The van der Waals surface area contributed by atoms with Crippen LogP contribution in [-0.4, -0.2) is 30.6 Å². The van der Waals surface area contributed by atoms with Gasteiger partial charge in [0.2, 0.25) is 5.91 Å². The number of amides is 1. The average Bonchev–Trinajstić information content (AvgIpc) is 2.99.